The zero-order chi connectivity index (χ0) is 11.1. The molecule has 0 saturated carbocycles. The fourth-order valence-corrected chi connectivity index (χ4v) is 1.43. The molecule has 1 aromatic carbocycles. The van der Waals surface area contributed by atoms with Gasteiger partial charge in [-0.15, -0.1) is 0 Å². The zero-order valence-electron chi connectivity index (χ0n) is 8.37. The second-order valence-corrected chi connectivity index (χ2v) is 3.62. The van der Waals surface area contributed by atoms with Gasteiger partial charge in [0.2, 0.25) is 5.79 Å². The molecular formula is C11H8N2O2. The molecule has 1 heterocycles. The zero-order valence-corrected chi connectivity index (χ0v) is 8.37. The minimum Gasteiger partial charge on any atom is -0.451 e. The molecule has 0 spiro atoms. The third-order valence-electron chi connectivity index (χ3n) is 1.99. The van der Waals surface area contributed by atoms with Gasteiger partial charge in [0.05, 0.1) is 13.1 Å². The summed E-state index contributed by atoms with van der Waals surface area (Å²) in [5.41, 5.74) is 0.593. The molecule has 0 bridgehead atoms. The van der Waals surface area contributed by atoms with Gasteiger partial charge in [0, 0.05) is 13.8 Å². The van der Waals surface area contributed by atoms with Gasteiger partial charge in [-0.2, -0.15) is 0 Å². The van der Waals surface area contributed by atoms with E-state index in [1.807, 2.05) is 0 Å². The second kappa shape index (κ2) is 2.90. The van der Waals surface area contributed by atoms with Gasteiger partial charge in [-0.25, -0.2) is 9.69 Å². The minimum atomic E-state index is -0.720. The Morgan fingerprint density at radius 3 is 1.73 bits per heavy atom. The maximum atomic E-state index is 6.93. The Labute approximate surface area is 87.7 Å². The Balaban J connectivity index is 2.56. The summed E-state index contributed by atoms with van der Waals surface area (Å²) in [6, 6.07) is 3.09. The third kappa shape index (κ3) is 1.47. The van der Waals surface area contributed by atoms with Crippen molar-refractivity contribution in [2.45, 2.75) is 19.6 Å². The highest BCUT2D eigenvalue weighted by atomic mass is 16.7. The molecule has 0 fully saturated rings. The van der Waals surface area contributed by atoms with Crippen molar-refractivity contribution in [2.75, 3.05) is 0 Å². The number of hydrogen-bond donors (Lipinski definition) is 0. The summed E-state index contributed by atoms with van der Waals surface area (Å²) in [4.78, 5) is 6.53. The molecule has 0 radical (unpaired) electrons. The van der Waals surface area contributed by atoms with Crippen LogP contribution in [0.2, 0.25) is 0 Å². The second-order valence-electron chi connectivity index (χ2n) is 3.62. The van der Waals surface area contributed by atoms with Crippen LogP contribution in [0.1, 0.15) is 13.8 Å². The predicted molar refractivity (Wildman–Crippen MR) is 54.3 cm³/mol. The normalized spacial score (nSPS) is 15.5. The Hall–Kier alpha value is -2.20. The van der Waals surface area contributed by atoms with E-state index >= 15 is 0 Å². The molecule has 0 aliphatic carbocycles. The van der Waals surface area contributed by atoms with Crippen LogP contribution in [0.15, 0.2) is 12.1 Å². The lowest BCUT2D eigenvalue weighted by Crippen LogP contribution is -2.29. The fraction of sp³-hybridized carbons (Fsp3) is 0.273. The van der Waals surface area contributed by atoms with E-state index in [-0.39, 0.29) is 0 Å². The average Bonchev–Trinajstić information content (AvgIpc) is 2.48. The Morgan fingerprint density at radius 2 is 1.40 bits per heavy atom. The van der Waals surface area contributed by atoms with Gasteiger partial charge in [0.25, 0.3) is 0 Å². The molecule has 4 heteroatoms. The first-order chi connectivity index (χ1) is 7.05. The summed E-state index contributed by atoms with van der Waals surface area (Å²) in [7, 11) is 0. The molecule has 1 aliphatic heterocycles. The van der Waals surface area contributed by atoms with Crippen LogP contribution in [0.5, 0.6) is 11.5 Å². The molecular weight excluding hydrogens is 192 g/mol. The highest BCUT2D eigenvalue weighted by Gasteiger charge is 2.32. The summed E-state index contributed by atoms with van der Waals surface area (Å²) in [5.74, 6) is 0.333. The molecule has 74 valence electrons. The van der Waals surface area contributed by atoms with Crippen LogP contribution in [0.3, 0.4) is 0 Å². The lowest BCUT2D eigenvalue weighted by Gasteiger charge is -2.16. The van der Waals surface area contributed by atoms with Crippen molar-refractivity contribution in [2.24, 2.45) is 0 Å². The minimum absolute atomic E-state index is 0.296. The summed E-state index contributed by atoms with van der Waals surface area (Å²) in [5, 5.41) is 0. The number of rotatable bonds is 0. The largest absolute Gasteiger partial charge is 0.451 e. The Morgan fingerprint density at radius 1 is 1.00 bits per heavy atom. The number of ether oxygens (including phenoxy) is 2. The Kier molecular flexibility index (Phi) is 1.81. The lowest BCUT2D eigenvalue weighted by atomic mass is 10.2. The lowest BCUT2D eigenvalue weighted by molar-refractivity contribution is -0.0431. The van der Waals surface area contributed by atoms with E-state index in [1.54, 1.807) is 26.0 Å². The van der Waals surface area contributed by atoms with Crippen LogP contribution in [0, 0.1) is 13.1 Å². The van der Waals surface area contributed by atoms with E-state index in [0.717, 1.165) is 0 Å². The smallest absolute Gasteiger partial charge is 0.246 e. The molecule has 0 aromatic heterocycles. The van der Waals surface area contributed by atoms with E-state index in [0.29, 0.717) is 22.9 Å². The highest BCUT2D eigenvalue weighted by Crippen LogP contribution is 2.46. The first kappa shape index (κ1) is 9.36. The number of benzene rings is 1. The molecule has 15 heavy (non-hydrogen) atoms. The van der Waals surface area contributed by atoms with Gasteiger partial charge in [-0.3, -0.25) is 0 Å². The van der Waals surface area contributed by atoms with Crippen LogP contribution in [0.4, 0.5) is 11.4 Å². The van der Waals surface area contributed by atoms with E-state index in [4.69, 9.17) is 22.6 Å². The van der Waals surface area contributed by atoms with Crippen LogP contribution < -0.4 is 9.47 Å². The topological polar surface area (TPSA) is 27.2 Å². The third-order valence-corrected chi connectivity index (χ3v) is 1.99. The molecule has 0 N–H and O–H groups in total. The summed E-state index contributed by atoms with van der Waals surface area (Å²) in [6.07, 6.45) is 0. The van der Waals surface area contributed by atoms with E-state index in [1.165, 1.54) is 0 Å². The van der Waals surface area contributed by atoms with Gasteiger partial charge >= 0.3 is 0 Å². The highest BCUT2D eigenvalue weighted by molar-refractivity contribution is 5.75. The average molecular weight is 200 g/mol. The van der Waals surface area contributed by atoms with E-state index in [2.05, 4.69) is 9.69 Å². The molecule has 0 unspecified atom stereocenters. The molecule has 1 aliphatic rings. The molecule has 0 amide bonds. The van der Waals surface area contributed by atoms with Gasteiger partial charge in [-0.1, -0.05) is 0 Å². The monoisotopic (exact) mass is 200 g/mol. The van der Waals surface area contributed by atoms with Crippen LogP contribution in [-0.2, 0) is 0 Å². The van der Waals surface area contributed by atoms with Crippen molar-refractivity contribution in [3.8, 4) is 11.5 Å². The fourth-order valence-electron chi connectivity index (χ4n) is 1.43. The van der Waals surface area contributed by atoms with Crippen molar-refractivity contribution in [1.29, 1.82) is 0 Å². The first-order valence-electron chi connectivity index (χ1n) is 4.37. The van der Waals surface area contributed by atoms with Crippen molar-refractivity contribution in [1.82, 2.24) is 0 Å². The summed E-state index contributed by atoms with van der Waals surface area (Å²) in [6.45, 7) is 17.4. The van der Waals surface area contributed by atoms with Crippen molar-refractivity contribution in [3.05, 3.63) is 35.0 Å². The van der Waals surface area contributed by atoms with Crippen molar-refractivity contribution >= 4 is 11.4 Å². The van der Waals surface area contributed by atoms with Gasteiger partial charge in [-0.05, 0) is 12.1 Å². The summed E-state index contributed by atoms with van der Waals surface area (Å²) < 4.78 is 10.9. The summed E-state index contributed by atoms with van der Waals surface area (Å²) >= 11 is 0. The van der Waals surface area contributed by atoms with Crippen molar-refractivity contribution in [3.63, 3.8) is 0 Å². The molecule has 1 aromatic rings. The predicted octanol–water partition coefficient (Wildman–Crippen LogP) is 3.30. The standard InChI is InChI=1S/C11H8N2O2/c1-11(2)14-9-5-7(12-3)8(13-4)6-10(9)15-11/h5-6H,1-2H3. The van der Waals surface area contributed by atoms with Crippen LogP contribution in [0.25, 0.3) is 9.69 Å². The van der Waals surface area contributed by atoms with Crippen LogP contribution >= 0.6 is 0 Å². The maximum Gasteiger partial charge on any atom is 0.246 e. The van der Waals surface area contributed by atoms with Crippen LogP contribution in [-0.4, -0.2) is 5.79 Å². The van der Waals surface area contributed by atoms with Gasteiger partial charge in [0.15, 0.2) is 22.9 Å². The number of fused-ring (bicyclic) bond motifs is 1. The van der Waals surface area contributed by atoms with E-state index < -0.39 is 5.79 Å². The van der Waals surface area contributed by atoms with Crippen molar-refractivity contribution < 1.29 is 9.47 Å². The first-order valence-corrected chi connectivity index (χ1v) is 4.37. The van der Waals surface area contributed by atoms with E-state index in [9.17, 15) is 0 Å². The molecule has 0 saturated heterocycles. The SMILES string of the molecule is [C-]#[N+]c1cc2c(cc1[N+]#[C-])OC(C)(C)O2. The van der Waals surface area contributed by atoms with Gasteiger partial charge in [0.1, 0.15) is 0 Å². The van der Waals surface area contributed by atoms with Gasteiger partial charge < -0.3 is 9.47 Å². The molecule has 4 nitrogen and oxygen atoms in total. The molecule has 2 rings (SSSR count). The Bertz CT molecular complexity index is 462. The maximum absolute atomic E-state index is 6.93. The number of hydrogen-bond acceptors (Lipinski definition) is 2. The quantitative estimate of drug-likeness (QED) is 0.601. The number of nitrogens with zero attached hydrogens (tertiary/aromatic N) is 2. The molecule has 0 atom stereocenters.